The molecule has 144 valence electrons. The molecule has 0 aliphatic carbocycles. The molecule has 9 heteroatoms. The number of sulfonamides is 1. The first kappa shape index (κ1) is 19.3. The molecule has 0 radical (unpaired) electrons. The van der Waals surface area contributed by atoms with Gasteiger partial charge in [0.2, 0.25) is 22.7 Å². The van der Waals surface area contributed by atoms with Crippen molar-refractivity contribution >= 4 is 38.9 Å². The lowest BCUT2D eigenvalue weighted by Gasteiger charge is -2.29. The summed E-state index contributed by atoms with van der Waals surface area (Å²) in [7, 11) is -3.73. The quantitative estimate of drug-likeness (QED) is 0.818. The van der Waals surface area contributed by atoms with Crippen LogP contribution in [0.1, 0.15) is 12.5 Å². The molecule has 2 aromatic carbocycles. The monoisotopic (exact) mass is 410 g/mol. The van der Waals surface area contributed by atoms with E-state index in [1.165, 1.54) is 13.0 Å². The van der Waals surface area contributed by atoms with Crippen molar-refractivity contribution in [3.8, 4) is 11.5 Å². The highest BCUT2D eigenvalue weighted by Gasteiger charge is 2.30. The first-order valence-electron chi connectivity index (χ1n) is 8.13. The Labute approximate surface area is 162 Å². The summed E-state index contributed by atoms with van der Waals surface area (Å²) in [5, 5.41) is 3.10. The number of carbonyl (C=O) groups is 1. The molecule has 27 heavy (non-hydrogen) atoms. The van der Waals surface area contributed by atoms with Crippen LogP contribution in [0.4, 0.5) is 11.4 Å². The Hall–Kier alpha value is -2.45. The molecule has 1 aliphatic rings. The third-order valence-electron chi connectivity index (χ3n) is 4.14. The molecule has 0 spiro atoms. The van der Waals surface area contributed by atoms with Crippen LogP contribution in [0.15, 0.2) is 36.4 Å². The molecule has 1 amide bonds. The maximum atomic E-state index is 12.7. The molecule has 3 rings (SSSR count). The van der Waals surface area contributed by atoms with Gasteiger partial charge in [-0.25, -0.2) is 8.42 Å². The van der Waals surface area contributed by atoms with E-state index in [1.807, 2.05) is 0 Å². The molecule has 0 saturated heterocycles. The average Bonchev–Trinajstić information content (AvgIpc) is 3.04. The number of hydrogen-bond donors (Lipinski definition) is 1. The highest BCUT2D eigenvalue weighted by atomic mass is 35.5. The van der Waals surface area contributed by atoms with Crippen molar-refractivity contribution in [3.63, 3.8) is 0 Å². The van der Waals surface area contributed by atoms with E-state index in [9.17, 15) is 13.2 Å². The lowest BCUT2D eigenvalue weighted by atomic mass is 10.1. The number of ether oxygens (including phenoxy) is 2. The number of aryl methyl sites for hydroxylation is 1. The molecule has 0 bridgehead atoms. The Bertz CT molecular complexity index is 993. The van der Waals surface area contributed by atoms with Gasteiger partial charge in [0.15, 0.2) is 11.5 Å². The Morgan fingerprint density at radius 3 is 2.59 bits per heavy atom. The molecule has 0 fully saturated rings. The third-order valence-corrected chi connectivity index (χ3v) is 5.60. The zero-order valence-electron chi connectivity index (χ0n) is 15.0. The van der Waals surface area contributed by atoms with Crippen LogP contribution in [0.5, 0.6) is 11.5 Å². The van der Waals surface area contributed by atoms with Crippen molar-refractivity contribution in [2.45, 2.75) is 19.9 Å². The minimum absolute atomic E-state index is 0.124. The van der Waals surface area contributed by atoms with Crippen molar-refractivity contribution in [1.82, 2.24) is 0 Å². The van der Waals surface area contributed by atoms with Gasteiger partial charge in [-0.15, -0.1) is 0 Å². The average molecular weight is 411 g/mol. The van der Waals surface area contributed by atoms with E-state index in [2.05, 4.69) is 5.32 Å². The molecule has 0 aromatic heterocycles. The summed E-state index contributed by atoms with van der Waals surface area (Å²) in [5.74, 6) is 0.623. The Morgan fingerprint density at radius 2 is 1.89 bits per heavy atom. The van der Waals surface area contributed by atoms with Gasteiger partial charge in [-0.1, -0.05) is 17.7 Å². The number of carbonyl (C=O) groups excluding carboxylic acids is 1. The SMILES string of the molecule is Cc1ccc(Cl)cc1N([C@@H](C)C(=O)Nc1ccc2c(c1)OCO2)S(C)(=O)=O. The molecule has 1 atom stereocenters. The summed E-state index contributed by atoms with van der Waals surface area (Å²) in [6.45, 7) is 3.40. The second-order valence-electron chi connectivity index (χ2n) is 6.22. The first-order valence-corrected chi connectivity index (χ1v) is 10.4. The number of nitrogens with zero attached hydrogens (tertiary/aromatic N) is 1. The second kappa shape index (κ2) is 7.28. The summed E-state index contributed by atoms with van der Waals surface area (Å²) < 4.78 is 36.4. The molecule has 1 aliphatic heterocycles. The van der Waals surface area contributed by atoms with E-state index in [0.29, 0.717) is 33.5 Å². The van der Waals surface area contributed by atoms with Crippen molar-refractivity contribution in [1.29, 1.82) is 0 Å². The van der Waals surface area contributed by atoms with Crippen LogP contribution in [0, 0.1) is 6.92 Å². The van der Waals surface area contributed by atoms with E-state index in [1.54, 1.807) is 37.3 Å². The zero-order chi connectivity index (χ0) is 19.8. The fourth-order valence-electron chi connectivity index (χ4n) is 2.82. The number of fused-ring (bicyclic) bond motifs is 1. The van der Waals surface area contributed by atoms with Crippen LogP contribution in [0.2, 0.25) is 5.02 Å². The van der Waals surface area contributed by atoms with E-state index < -0.39 is 22.0 Å². The van der Waals surface area contributed by atoms with Gasteiger partial charge < -0.3 is 14.8 Å². The van der Waals surface area contributed by atoms with Gasteiger partial charge in [-0.05, 0) is 43.7 Å². The first-order chi connectivity index (χ1) is 12.7. The summed E-state index contributed by atoms with van der Waals surface area (Å²) in [4.78, 5) is 12.7. The van der Waals surface area contributed by atoms with E-state index in [0.717, 1.165) is 10.6 Å². The van der Waals surface area contributed by atoms with Gasteiger partial charge in [0, 0.05) is 16.8 Å². The maximum absolute atomic E-state index is 12.7. The lowest BCUT2D eigenvalue weighted by Crippen LogP contribution is -2.45. The summed E-state index contributed by atoms with van der Waals surface area (Å²) in [5.41, 5.74) is 1.53. The number of rotatable bonds is 5. The molecule has 2 aromatic rings. The molecule has 1 N–H and O–H groups in total. The molecular weight excluding hydrogens is 392 g/mol. The van der Waals surface area contributed by atoms with Crippen LogP contribution >= 0.6 is 11.6 Å². The number of anilines is 2. The predicted octanol–water partition coefficient (Wildman–Crippen LogP) is 3.17. The van der Waals surface area contributed by atoms with Gasteiger partial charge >= 0.3 is 0 Å². The number of nitrogens with one attached hydrogen (secondary N) is 1. The summed E-state index contributed by atoms with van der Waals surface area (Å²) in [6, 6.07) is 8.87. The van der Waals surface area contributed by atoms with Gasteiger partial charge in [0.05, 0.1) is 11.9 Å². The molecule has 0 unspecified atom stereocenters. The number of benzene rings is 2. The van der Waals surface area contributed by atoms with Crippen LogP contribution < -0.4 is 19.1 Å². The fourth-order valence-corrected chi connectivity index (χ4v) is 4.21. The molecule has 1 heterocycles. The highest BCUT2D eigenvalue weighted by Crippen LogP contribution is 2.34. The molecule has 7 nitrogen and oxygen atoms in total. The number of amides is 1. The lowest BCUT2D eigenvalue weighted by molar-refractivity contribution is -0.116. The minimum atomic E-state index is -3.73. The van der Waals surface area contributed by atoms with Gasteiger partial charge in [-0.3, -0.25) is 9.10 Å². The highest BCUT2D eigenvalue weighted by molar-refractivity contribution is 7.92. The Balaban J connectivity index is 1.89. The number of hydrogen-bond acceptors (Lipinski definition) is 5. The Kier molecular flexibility index (Phi) is 5.21. The minimum Gasteiger partial charge on any atom is -0.454 e. The number of halogens is 1. The fraction of sp³-hybridized carbons (Fsp3) is 0.278. The summed E-state index contributed by atoms with van der Waals surface area (Å²) >= 11 is 6.03. The maximum Gasteiger partial charge on any atom is 0.247 e. The largest absolute Gasteiger partial charge is 0.454 e. The van der Waals surface area contributed by atoms with Gasteiger partial charge in [-0.2, -0.15) is 0 Å². The second-order valence-corrected chi connectivity index (χ2v) is 8.52. The topological polar surface area (TPSA) is 84.9 Å². The molecule has 0 saturated carbocycles. The van der Waals surface area contributed by atoms with E-state index in [-0.39, 0.29) is 6.79 Å². The third kappa shape index (κ3) is 4.12. The zero-order valence-corrected chi connectivity index (χ0v) is 16.6. The van der Waals surface area contributed by atoms with Crippen LogP contribution in [0.3, 0.4) is 0 Å². The summed E-state index contributed by atoms with van der Waals surface area (Å²) in [6.07, 6.45) is 1.05. The van der Waals surface area contributed by atoms with Gasteiger partial charge in [0.1, 0.15) is 6.04 Å². The van der Waals surface area contributed by atoms with Crippen molar-refractivity contribution in [2.24, 2.45) is 0 Å². The van der Waals surface area contributed by atoms with Crippen molar-refractivity contribution in [2.75, 3.05) is 22.7 Å². The normalized spacial score (nSPS) is 13.9. The smallest absolute Gasteiger partial charge is 0.247 e. The standard InChI is InChI=1S/C18H19ClN2O5S/c1-11-4-5-13(19)8-15(11)21(27(3,23)24)12(2)18(22)20-14-6-7-16-17(9-14)26-10-25-16/h4-9,12H,10H2,1-3H3,(H,20,22)/t12-/m0/s1. The molecular formula is C18H19ClN2O5S. The van der Waals surface area contributed by atoms with Crippen LogP contribution in [0.25, 0.3) is 0 Å². The Morgan fingerprint density at radius 1 is 1.19 bits per heavy atom. The van der Waals surface area contributed by atoms with E-state index >= 15 is 0 Å². The van der Waals surface area contributed by atoms with Crippen LogP contribution in [-0.4, -0.2) is 33.4 Å². The predicted molar refractivity (Wildman–Crippen MR) is 104 cm³/mol. The van der Waals surface area contributed by atoms with E-state index in [4.69, 9.17) is 21.1 Å². The van der Waals surface area contributed by atoms with Crippen LogP contribution in [-0.2, 0) is 14.8 Å². The van der Waals surface area contributed by atoms with Crippen molar-refractivity contribution in [3.05, 3.63) is 47.0 Å². The van der Waals surface area contributed by atoms with Gasteiger partial charge in [0.25, 0.3) is 0 Å². The van der Waals surface area contributed by atoms with Crippen molar-refractivity contribution < 1.29 is 22.7 Å².